The van der Waals surface area contributed by atoms with Gasteiger partial charge in [-0.1, -0.05) is 26.0 Å². The molecule has 88 valence electrons. The largest absolute Gasteiger partial charge is 0.383 e. The summed E-state index contributed by atoms with van der Waals surface area (Å²) in [6, 6.07) is 6.65. The SMILES string of the molecule is CC.CN(C)/C=C/c1ccccc1[N+](=O)[O-]. The van der Waals surface area contributed by atoms with Crippen molar-refractivity contribution in [2.45, 2.75) is 13.8 Å². The Hall–Kier alpha value is -1.84. The lowest BCUT2D eigenvalue weighted by Gasteiger charge is -2.03. The van der Waals surface area contributed by atoms with Crippen LogP contribution in [0, 0.1) is 10.1 Å². The van der Waals surface area contributed by atoms with Crippen molar-refractivity contribution in [2.75, 3.05) is 14.1 Å². The molecule has 0 heterocycles. The smallest absolute Gasteiger partial charge is 0.276 e. The van der Waals surface area contributed by atoms with Gasteiger partial charge in [0.15, 0.2) is 0 Å². The molecule has 0 bridgehead atoms. The van der Waals surface area contributed by atoms with E-state index in [1.807, 2.05) is 32.8 Å². The summed E-state index contributed by atoms with van der Waals surface area (Å²) in [6.07, 6.45) is 3.50. The Morgan fingerprint density at radius 1 is 1.25 bits per heavy atom. The molecule has 4 nitrogen and oxygen atoms in total. The highest BCUT2D eigenvalue weighted by atomic mass is 16.6. The summed E-state index contributed by atoms with van der Waals surface area (Å²) < 4.78 is 0. The first-order chi connectivity index (χ1) is 7.61. The summed E-state index contributed by atoms with van der Waals surface area (Å²) >= 11 is 0. The molecule has 0 fully saturated rings. The molecule has 16 heavy (non-hydrogen) atoms. The van der Waals surface area contributed by atoms with Crippen LogP contribution in [0.4, 0.5) is 5.69 Å². The van der Waals surface area contributed by atoms with Gasteiger partial charge in [0.2, 0.25) is 0 Å². The van der Waals surface area contributed by atoms with E-state index in [1.165, 1.54) is 6.07 Å². The third kappa shape index (κ3) is 4.59. The van der Waals surface area contributed by atoms with Gasteiger partial charge in [-0.25, -0.2) is 0 Å². The molecule has 0 spiro atoms. The Morgan fingerprint density at radius 3 is 2.31 bits per heavy atom. The molecule has 1 rings (SSSR count). The fraction of sp³-hybridized carbons (Fsp3) is 0.333. The average molecular weight is 222 g/mol. The van der Waals surface area contributed by atoms with Crippen LogP contribution in [0.3, 0.4) is 0 Å². The van der Waals surface area contributed by atoms with Crippen molar-refractivity contribution in [1.29, 1.82) is 0 Å². The zero-order chi connectivity index (χ0) is 12.6. The highest BCUT2D eigenvalue weighted by Crippen LogP contribution is 2.18. The molecule has 0 saturated carbocycles. The van der Waals surface area contributed by atoms with Crippen LogP contribution < -0.4 is 0 Å². The molecular formula is C12H18N2O2. The lowest BCUT2D eigenvalue weighted by Crippen LogP contribution is -2.00. The summed E-state index contributed by atoms with van der Waals surface area (Å²) in [7, 11) is 3.73. The first-order valence-electron chi connectivity index (χ1n) is 5.19. The van der Waals surface area contributed by atoms with E-state index in [1.54, 1.807) is 30.5 Å². The van der Waals surface area contributed by atoms with Crippen LogP contribution in [0.1, 0.15) is 19.4 Å². The quantitative estimate of drug-likeness (QED) is 0.583. The van der Waals surface area contributed by atoms with Crippen molar-refractivity contribution in [3.63, 3.8) is 0 Å². The maximum Gasteiger partial charge on any atom is 0.276 e. The predicted octanol–water partition coefficient (Wildman–Crippen LogP) is 3.15. The van der Waals surface area contributed by atoms with E-state index in [0.29, 0.717) is 5.56 Å². The molecule has 0 radical (unpaired) electrons. The van der Waals surface area contributed by atoms with Crippen LogP contribution in [0.2, 0.25) is 0 Å². The predicted molar refractivity (Wildman–Crippen MR) is 67.2 cm³/mol. The van der Waals surface area contributed by atoms with Crippen molar-refractivity contribution in [2.24, 2.45) is 0 Å². The lowest BCUT2D eigenvalue weighted by atomic mass is 10.2. The lowest BCUT2D eigenvalue weighted by molar-refractivity contribution is -0.385. The van der Waals surface area contributed by atoms with Crippen LogP contribution in [-0.4, -0.2) is 23.9 Å². The molecule has 0 atom stereocenters. The van der Waals surface area contributed by atoms with Crippen LogP contribution >= 0.6 is 0 Å². The molecule has 0 unspecified atom stereocenters. The van der Waals surface area contributed by atoms with Gasteiger partial charge in [-0.3, -0.25) is 10.1 Å². The standard InChI is InChI=1S/C10H12N2O2.C2H6/c1-11(2)8-7-9-5-3-4-6-10(9)12(13)14;1-2/h3-8H,1-2H3;1-2H3/b8-7+;. The van der Waals surface area contributed by atoms with Crippen LogP contribution in [-0.2, 0) is 0 Å². The van der Waals surface area contributed by atoms with Gasteiger partial charge in [0.25, 0.3) is 5.69 Å². The number of nitro benzene ring substituents is 1. The first kappa shape index (κ1) is 14.2. The van der Waals surface area contributed by atoms with Gasteiger partial charge in [-0.2, -0.15) is 0 Å². The van der Waals surface area contributed by atoms with Crippen molar-refractivity contribution >= 4 is 11.8 Å². The second-order valence-corrected chi connectivity index (χ2v) is 3.10. The molecule has 0 aliphatic heterocycles. The van der Waals surface area contributed by atoms with Crippen molar-refractivity contribution in [3.05, 3.63) is 46.1 Å². The van der Waals surface area contributed by atoms with E-state index in [4.69, 9.17) is 0 Å². The number of para-hydroxylation sites is 1. The number of benzene rings is 1. The number of nitro groups is 1. The van der Waals surface area contributed by atoms with Gasteiger partial charge in [0.05, 0.1) is 10.5 Å². The van der Waals surface area contributed by atoms with Crippen LogP contribution in [0.5, 0.6) is 0 Å². The van der Waals surface area contributed by atoms with E-state index in [0.717, 1.165) is 0 Å². The van der Waals surface area contributed by atoms with Crippen molar-refractivity contribution in [3.8, 4) is 0 Å². The van der Waals surface area contributed by atoms with E-state index in [2.05, 4.69) is 0 Å². The summed E-state index contributed by atoms with van der Waals surface area (Å²) in [5.41, 5.74) is 0.747. The number of hydrogen-bond acceptors (Lipinski definition) is 3. The third-order valence-electron chi connectivity index (χ3n) is 1.69. The van der Waals surface area contributed by atoms with E-state index < -0.39 is 0 Å². The zero-order valence-corrected chi connectivity index (χ0v) is 10.2. The molecule has 0 aliphatic rings. The third-order valence-corrected chi connectivity index (χ3v) is 1.69. The highest BCUT2D eigenvalue weighted by Gasteiger charge is 2.08. The summed E-state index contributed by atoms with van der Waals surface area (Å²) in [5, 5.41) is 10.6. The molecule has 0 N–H and O–H groups in total. The summed E-state index contributed by atoms with van der Waals surface area (Å²) in [5.74, 6) is 0. The Labute approximate surface area is 96.4 Å². The molecule has 0 aromatic heterocycles. The first-order valence-corrected chi connectivity index (χ1v) is 5.19. The monoisotopic (exact) mass is 222 g/mol. The molecule has 0 saturated heterocycles. The topological polar surface area (TPSA) is 46.4 Å². The van der Waals surface area contributed by atoms with E-state index in [-0.39, 0.29) is 10.6 Å². The molecule has 4 heteroatoms. The van der Waals surface area contributed by atoms with Gasteiger partial charge < -0.3 is 4.90 Å². The minimum Gasteiger partial charge on any atom is -0.383 e. The summed E-state index contributed by atoms with van der Waals surface area (Å²) in [6.45, 7) is 4.00. The zero-order valence-electron chi connectivity index (χ0n) is 10.2. The second kappa shape index (κ2) is 7.45. The van der Waals surface area contributed by atoms with Crippen LogP contribution in [0.25, 0.3) is 6.08 Å². The average Bonchev–Trinajstić information content (AvgIpc) is 2.29. The molecule has 0 amide bonds. The Morgan fingerprint density at radius 2 is 1.81 bits per heavy atom. The van der Waals surface area contributed by atoms with Gasteiger partial charge in [-0.05, 0) is 18.3 Å². The Kier molecular flexibility index (Phi) is 6.59. The van der Waals surface area contributed by atoms with E-state index >= 15 is 0 Å². The maximum atomic E-state index is 10.6. The minimum absolute atomic E-state index is 0.130. The molecule has 1 aromatic rings. The van der Waals surface area contributed by atoms with Gasteiger partial charge in [0, 0.05) is 20.2 Å². The van der Waals surface area contributed by atoms with E-state index in [9.17, 15) is 10.1 Å². The number of hydrogen-bond donors (Lipinski definition) is 0. The molecular weight excluding hydrogens is 204 g/mol. The molecule has 0 aliphatic carbocycles. The molecule has 1 aromatic carbocycles. The van der Waals surface area contributed by atoms with Gasteiger partial charge >= 0.3 is 0 Å². The normalized spacial score (nSPS) is 9.50. The maximum absolute atomic E-state index is 10.6. The second-order valence-electron chi connectivity index (χ2n) is 3.10. The van der Waals surface area contributed by atoms with Crippen molar-refractivity contribution < 1.29 is 4.92 Å². The Balaban J connectivity index is 0.00000106. The van der Waals surface area contributed by atoms with Crippen molar-refractivity contribution in [1.82, 2.24) is 4.90 Å². The number of nitrogens with zero attached hydrogens (tertiary/aromatic N) is 2. The highest BCUT2D eigenvalue weighted by molar-refractivity contribution is 5.60. The van der Waals surface area contributed by atoms with Gasteiger partial charge in [-0.15, -0.1) is 0 Å². The fourth-order valence-electron chi connectivity index (χ4n) is 1.02. The van der Waals surface area contributed by atoms with Gasteiger partial charge in [0.1, 0.15) is 0 Å². The number of rotatable bonds is 3. The fourth-order valence-corrected chi connectivity index (χ4v) is 1.02. The summed E-state index contributed by atoms with van der Waals surface area (Å²) in [4.78, 5) is 12.1. The van der Waals surface area contributed by atoms with Crippen LogP contribution in [0.15, 0.2) is 30.5 Å². The Bertz CT molecular complexity index is 360. The minimum atomic E-state index is -0.380.